The molecule has 0 N–H and O–H groups in total. The topological polar surface area (TPSA) is 38.2 Å². The number of rotatable bonds is 4. The van der Waals surface area contributed by atoms with Gasteiger partial charge in [0.2, 0.25) is 5.95 Å². The molecule has 4 rings (SSSR count). The molecule has 0 bridgehead atoms. The van der Waals surface area contributed by atoms with Crippen LogP contribution in [0.25, 0.3) is 22.0 Å². The monoisotopic (exact) mass is 365 g/mol. The Morgan fingerprint density at radius 2 is 1.89 bits per heavy atom. The number of fused-ring (bicyclic) bond motifs is 1. The van der Waals surface area contributed by atoms with Gasteiger partial charge in [-0.1, -0.05) is 38.1 Å². The first-order valence-corrected chi connectivity index (χ1v) is 9.45. The molecule has 0 amide bonds. The van der Waals surface area contributed by atoms with Crippen LogP contribution in [0.5, 0.6) is 0 Å². The third kappa shape index (κ3) is 3.39. The van der Waals surface area contributed by atoms with Crippen molar-refractivity contribution in [3.05, 3.63) is 54.0 Å². The zero-order valence-corrected chi connectivity index (χ0v) is 15.9. The Morgan fingerprint density at radius 3 is 2.59 bits per heavy atom. The van der Waals surface area contributed by atoms with Gasteiger partial charge in [0.25, 0.3) is 0 Å². The van der Waals surface area contributed by atoms with E-state index in [1.807, 2.05) is 36.2 Å². The smallest absolute Gasteiger partial charge is 0.227 e. The zero-order chi connectivity index (χ0) is 19.0. The average Bonchev–Trinajstić information content (AvgIpc) is 3.22. The molecule has 4 nitrogen and oxygen atoms in total. The van der Waals surface area contributed by atoms with Gasteiger partial charge < -0.3 is 9.64 Å². The van der Waals surface area contributed by atoms with Crippen LogP contribution < -0.4 is 4.90 Å². The summed E-state index contributed by atoms with van der Waals surface area (Å²) in [4.78, 5) is 11.6. The summed E-state index contributed by atoms with van der Waals surface area (Å²) in [5, 5.41) is 1.46. The average molecular weight is 365 g/mol. The van der Waals surface area contributed by atoms with Crippen molar-refractivity contribution in [1.82, 2.24) is 9.97 Å². The lowest BCUT2D eigenvalue weighted by atomic mass is 10.00. The molecule has 3 aromatic rings. The van der Waals surface area contributed by atoms with Crippen molar-refractivity contribution in [3.63, 3.8) is 0 Å². The summed E-state index contributed by atoms with van der Waals surface area (Å²) in [6, 6.07) is 12.8. The van der Waals surface area contributed by atoms with Crippen LogP contribution >= 0.6 is 0 Å². The van der Waals surface area contributed by atoms with E-state index in [9.17, 15) is 4.39 Å². The lowest BCUT2D eigenvalue weighted by molar-refractivity contribution is 0.110. The molecule has 140 valence electrons. The molecule has 1 unspecified atom stereocenters. The maximum absolute atomic E-state index is 14.2. The van der Waals surface area contributed by atoms with E-state index < -0.39 is 0 Å². The summed E-state index contributed by atoms with van der Waals surface area (Å²) in [5.41, 5.74) is 2.69. The minimum atomic E-state index is -0.218. The van der Waals surface area contributed by atoms with Gasteiger partial charge in [0, 0.05) is 30.3 Å². The number of hydrogen-bond acceptors (Lipinski definition) is 4. The third-order valence-electron chi connectivity index (χ3n) is 5.13. The predicted octanol–water partition coefficient (Wildman–Crippen LogP) is 5.13. The van der Waals surface area contributed by atoms with Gasteiger partial charge in [-0.15, -0.1) is 0 Å². The largest absolute Gasteiger partial charge is 0.358 e. The van der Waals surface area contributed by atoms with Gasteiger partial charge in [-0.2, -0.15) is 0 Å². The van der Waals surface area contributed by atoms with E-state index >= 15 is 0 Å². The molecule has 1 atom stereocenters. The first kappa shape index (κ1) is 17.9. The Morgan fingerprint density at radius 1 is 1.11 bits per heavy atom. The predicted molar refractivity (Wildman–Crippen MR) is 106 cm³/mol. The summed E-state index contributed by atoms with van der Waals surface area (Å²) < 4.78 is 20.0. The van der Waals surface area contributed by atoms with E-state index in [4.69, 9.17) is 14.7 Å². The molecular weight excluding hydrogens is 341 g/mol. The molecule has 1 aliphatic rings. The molecule has 2 heterocycles. The van der Waals surface area contributed by atoms with Gasteiger partial charge in [0.15, 0.2) is 0 Å². The first-order valence-electron chi connectivity index (χ1n) is 9.45. The summed E-state index contributed by atoms with van der Waals surface area (Å²) in [7, 11) is 1.97. The molecule has 0 spiro atoms. The molecule has 27 heavy (non-hydrogen) atoms. The van der Waals surface area contributed by atoms with E-state index in [1.165, 1.54) is 6.07 Å². The second-order valence-electron chi connectivity index (χ2n) is 7.35. The number of halogens is 1. The number of benzene rings is 2. The molecule has 0 radical (unpaired) electrons. The van der Waals surface area contributed by atoms with Crippen LogP contribution in [0.1, 0.15) is 38.3 Å². The van der Waals surface area contributed by atoms with Crippen LogP contribution in [-0.2, 0) is 4.74 Å². The van der Waals surface area contributed by atoms with Crippen LogP contribution in [-0.4, -0.2) is 29.9 Å². The van der Waals surface area contributed by atoms with Gasteiger partial charge in [-0.05, 0) is 42.3 Å². The number of nitrogens with zero attached hydrogens (tertiary/aromatic N) is 3. The van der Waals surface area contributed by atoms with Crippen molar-refractivity contribution in [2.45, 2.75) is 38.8 Å². The third-order valence-corrected chi connectivity index (χ3v) is 5.13. The van der Waals surface area contributed by atoms with E-state index in [0.29, 0.717) is 11.3 Å². The van der Waals surface area contributed by atoms with E-state index in [2.05, 4.69) is 13.8 Å². The minimum Gasteiger partial charge on any atom is -0.358 e. The molecule has 1 fully saturated rings. The fourth-order valence-corrected chi connectivity index (χ4v) is 3.52. The molecule has 5 heteroatoms. The molecule has 1 aromatic heterocycles. The molecule has 0 aliphatic carbocycles. The summed E-state index contributed by atoms with van der Waals surface area (Å²) in [6.07, 6.45) is 2.03. The standard InChI is InChI=1S/C22H24FN3O/c1-14(2)19-13-20(25-22(24-19)26(3)21-9-6-12-27-21)17-10-11-18(23)16-8-5-4-7-15(16)17/h4-5,7-8,10-11,13-14,21H,6,9,12H2,1-3H3. The Bertz CT molecular complexity index is 967. The number of ether oxygens (including phenoxy) is 1. The van der Waals surface area contributed by atoms with Crippen molar-refractivity contribution in [2.24, 2.45) is 0 Å². The summed E-state index contributed by atoms with van der Waals surface area (Å²) in [5.74, 6) is 0.691. The van der Waals surface area contributed by atoms with Crippen molar-refractivity contribution in [3.8, 4) is 11.3 Å². The fraction of sp³-hybridized carbons (Fsp3) is 0.364. The highest BCUT2D eigenvalue weighted by molar-refractivity contribution is 5.96. The molecule has 0 saturated carbocycles. The van der Waals surface area contributed by atoms with Crippen molar-refractivity contribution in [2.75, 3.05) is 18.6 Å². The molecule has 1 saturated heterocycles. The van der Waals surface area contributed by atoms with Gasteiger partial charge in [0.05, 0.1) is 5.69 Å². The quantitative estimate of drug-likeness (QED) is 0.642. The Kier molecular flexibility index (Phi) is 4.79. The zero-order valence-electron chi connectivity index (χ0n) is 15.9. The highest BCUT2D eigenvalue weighted by Crippen LogP contribution is 2.32. The van der Waals surface area contributed by atoms with Gasteiger partial charge in [-0.3, -0.25) is 0 Å². The fourth-order valence-electron chi connectivity index (χ4n) is 3.52. The Balaban J connectivity index is 1.87. The number of aromatic nitrogens is 2. The normalized spacial score (nSPS) is 17.0. The van der Waals surface area contributed by atoms with Crippen LogP contribution in [0.3, 0.4) is 0 Å². The molecular formula is C22H24FN3O. The van der Waals surface area contributed by atoms with Gasteiger partial charge in [0.1, 0.15) is 12.0 Å². The van der Waals surface area contributed by atoms with E-state index in [-0.39, 0.29) is 18.0 Å². The van der Waals surface area contributed by atoms with E-state index in [1.54, 1.807) is 12.1 Å². The lowest BCUT2D eigenvalue weighted by Crippen LogP contribution is -2.32. The van der Waals surface area contributed by atoms with Crippen LogP contribution in [0.2, 0.25) is 0 Å². The maximum atomic E-state index is 14.2. The molecule has 1 aliphatic heterocycles. The summed E-state index contributed by atoms with van der Waals surface area (Å²) in [6.45, 7) is 5.00. The van der Waals surface area contributed by atoms with Crippen LogP contribution in [0, 0.1) is 5.82 Å². The van der Waals surface area contributed by atoms with Gasteiger partial charge in [-0.25, -0.2) is 14.4 Å². The highest BCUT2D eigenvalue weighted by atomic mass is 19.1. The minimum absolute atomic E-state index is 0.00484. The van der Waals surface area contributed by atoms with Gasteiger partial charge >= 0.3 is 0 Å². The maximum Gasteiger partial charge on any atom is 0.227 e. The first-order chi connectivity index (χ1) is 13.0. The summed E-state index contributed by atoms with van der Waals surface area (Å²) >= 11 is 0. The van der Waals surface area contributed by atoms with Crippen molar-refractivity contribution >= 4 is 16.7 Å². The SMILES string of the molecule is CC(C)c1cc(-c2ccc(F)c3ccccc23)nc(N(C)C2CCCO2)n1. The van der Waals surface area contributed by atoms with Crippen LogP contribution in [0.4, 0.5) is 10.3 Å². The number of hydrogen-bond donors (Lipinski definition) is 0. The molecule has 2 aromatic carbocycles. The second kappa shape index (κ2) is 7.24. The Hall–Kier alpha value is -2.53. The van der Waals surface area contributed by atoms with Crippen molar-refractivity contribution in [1.29, 1.82) is 0 Å². The number of anilines is 1. The Labute approximate surface area is 159 Å². The van der Waals surface area contributed by atoms with Crippen molar-refractivity contribution < 1.29 is 9.13 Å². The lowest BCUT2D eigenvalue weighted by Gasteiger charge is -2.25. The van der Waals surface area contributed by atoms with E-state index in [0.717, 1.165) is 41.8 Å². The highest BCUT2D eigenvalue weighted by Gasteiger charge is 2.24. The second-order valence-corrected chi connectivity index (χ2v) is 7.35. The van der Waals surface area contributed by atoms with Crippen LogP contribution in [0.15, 0.2) is 42.5 Å².